The van der Waals surface area contributed by atoms with Crippen molar-refractivity contribution < 1.29 is 15.1 Å². The lowest BCUT2D eigenvalue weighted by Gasteiger charge is -2.26. The molecule has 0 spiro atoms. The van der Waals surface area contributed by atoms with E-state index in [0.29, 0.717) is 12.1 Å². The lowest BCUT2D eigenvalue weighted by molar-refractivity contribution is 0.0140. The Hall–Kier alpha value is -1.85. The van der Waals surface area contributed by atoms with Gasteiger partial charge in [-0.2, -0.15) is 0 Å². The standard InChI is InChI=1S/C15H15NO3S/c1-10(17)13-9-15(19-16-13,14-3-2-8-20-14)11-4-6-12(18)7-5-11/h2-8,10,17-18H,9H2,1H3. The molecule has 4 nitrogen and oxygen atoms in total. The first kappa shape index (κ1) is 13.1. The van der Waals surface area contributed by atoms with Crippen molar-refractivity contribution in [1.82, 2.24) is 0 Å². The molecule has 1 aromatic heterocycles. The fourth-order valence-corrected chi connectivity index (χ4v) is 3.23. The van der Waals surface area contributed by atoms with Crippen molar-refractivity contribution in [2.75, 3.05) is 0 Å². The first-order valence-corrected chi connectivity index (χ1v) is 7.26. The maximum atomic E-state index is 9.73. The fourth-order valence-electron chi connectivity index (χ4n) is 2.35. The van der Waals surface area contributed by atoms with E-state index in [1.165, 1.54) is 0 Å². The Kier molecular flexibility index (Phi) is 3.23. The van der Waals surface area contributed by atoms with Crippen LogP contribution in [0.4, 0.5) is 0 Å². The van der Waals surface area contributed by atoms with Gasteiger partial charge >= 0.3 is 0 Å². The summed E-state index contributed by atoms with van der Waals surface area (Å²) >= 11 is 1.59. The largest absolute Gasteiger partial charge is 0.508 e. The molecule has 1 aliphatic rings. The topological polar surface area (TPSA) is 62.1 Å². The molecule has 20 heavy (non-hydrogen) atoms. The molecule has 0 amide bonds. The van der Waals surface area contributed by atoms with E-state index in [-0.39, 0.29) is 5.75 Å². The maximum Gasteiger partial charge on any atom is 0.202 e. The van der Waals surface area contributed by atoms with Crippen LogP contribution in [0.1, 0.15) is 23.8 Å². The molecule has 2 N–H and O–H groups in total. The molecule has 3 rings (SSSR count). The average molecular weight is 289 g/mol. The number of aliphatic hydroxyl groups excluding tert-OH is 1. The van der Waals surface area contributed by atoms with Crippen LogP contribution in [0.15, 0.2) is 46.9 Å². The van der Waals surface area contributed by atoms with Crippen molar-refractivity contribution in [3.63, 3.8) is 0 Å². The van der Waals surface area contributed by atoms with E-state index in [4.69, 9.17) is 4.84 Å². The Morgan fingerprint density at radius 3 is 2.60 bits per heavy atom. The van der Waals surface area contributed by atoms with E-state index < -0.39 is 11.7 Å². The normalized spacial score (nSPS) is 23.2. The number of hydrogen-bond donors (Lipinski definition) is 2. The highest BCUT2D eigenvalue weighted by molar-refractivity contribution is 7.10. The summed E-state index contributed by atoms with van der Waals surface area (Å²) in [6.07, 6.45) is -0.121. The number of hydrogen-bond acceptors (Lipinski definition) is 5. The molecule has 2 atom stereocenters. The van der Waals surface area contributed by atoms with Crippen molar-refractivity contribution in [2.45, 2.75) is 25.0 Å². The van der Waals surface area contributed by atoms with Gasteiger partial charge in [-0.25, -0.2) is 0 Å². The number of phenolic OH excluding ortho intramolecular Hbond substituents is 1. The van der Waals surface area contributed by atoms with Gasteiger partial charge < -0.3 is 15.1 Å². The second-order valence-corrected chi connectivity index (χ2v) is 5.83. The van der Waals surface area contributed by atoms with E-state index in [1.807, 2.05) is 29.6 Å². The molecule has 1 aromatic carbocycles. The highest BCUT2D eigenvalue weighted by atomic mass is 32.1. The van der Waals surface area contributed by atoms with E-state index >= 15 is 0 Å². The predicted molar refractivity (Wildman–Crippen MR) is 78.0 cm³/mol. The summed E-state index contributed by atoms with van der Waals surface area (Å²) < 4.78 is 0. The second-order valence-electron chi connectivity index (χ2n) is 4.88. The molecule has 104 valence electrons. The number of aliphatic hydroxyl groups is 1. The molecule has 0 radical (unpaired) electrons. The van der Waals surface area contributed by atoms with E-state index in [1.54, 1.807) is 30.4 Å². The van der Waals surface area contributed by atoms with Crippen LogP contribution in [0.2, 0.25) is 0 Å². The molecule has 0 saturated carbocycles. The minimum atomic E-state index is -0.700. The van der Waals surface area contributed by atoms with Gasteiger partial charge in [-0.05, 0) is 30.5 Å². The van der Waals surface area contributed by atoms with Crippen LogP contribution in [0.3, 0.4) is 0 Å². The summed E-state index contributed by atoms with van der Waals surface area (Å²) in [5.74, 6) is 0.213. The van der Waals surface area contributed by atoms with Crippen molar-refractivity contribution >= 4 is 17.0 Å². The van der Waals surface area contributed by atoms with Gasteiger partial charge in [0.25, 0.3) is 0 Å². The number of benzene rings is 1. The predicted octanol–water partition coefficient (Wildman–Crippen LogP) is 2.85. The molecule has 2 unspecified atom stereocenters. The summed E-state index contributed by atoms with van der Waals surface area (Å²) in [5.41, 5.74) is 0.845. The Labute approximate surface area is 120 Å². The van der Waals surface area contributed by atoms with Crippen LogP contribution < -0.4 is 0 Å². The zero-order valence-electron chi connectivity index (χ0n) is 11.0. The Morgan fingerprint density at radius 1 is 1.30 bits per heavy atom. The molecule has 0 bridgehead atoms. The monoisotopic (exact) mass is 289 g/mol. The van der Waals surface area contributed by atoms with Gasteiger partial charge in [-0.15, -0.1) is 11.3 Å². The quantitative estimate of drug-likeness (QED) is 0.913. The molecule has 5 heteroatoms. The minimum absolute atomic E-state index is 0.213. The maximum absolute atomic E-state index is 9.73. The number of rotatable bonds is 3. The van der Waals surface area contributed by atoms with Gasteiger partial charge in [0.1, 0.15) is 5.75 Å². The van der Waals surface area contributed by atoms with Crippen LogP contribution in [-0.2, 0) is 10.4 Å². The zero-order valence-corrected chi connectivity index (χ0v) is 11.8. The van der Waals surface area contributed by atoms with Gasteiger partial charge in [-0.3, -0.25) is 0 Å². The molecule has 0 saturated heterocycles. The molecule has 2 aromatic rings. The third kappa shape index (κ3) is 2.09. The van der Waals surface area contributed by atoms with Gasteiger partial charge in [0.05, 0.1) is 16.7 Å². The van der Waals surface area contributed by atoms with Gasteiger partial charge in [0.15, 0.2) is 0 Å². The highest BCUT2D eigenvalue weighted by Gasteiger charge is 2.44. The highest BCUT2D eigenvalue weighted by Crippen LogP contribution is 2.43. The van der Waals surface area contributed by atoms with Crippen molar-refractivity contribution in [1.29, 1.82) is 0 Å². The summed E-state index contributed by atoms with van der Waals surface area (Å²) in [7, 11) is 0. The third-order valence-corrected chi connectivity index (χ3v) is 4.50. The smallest absolute Gasteiger partial charge is 0.202 e. The van der Waals surface area contributed by atoms with Crippen molar-refractivity contribution in [2.24, 2.45) is 5.16 Å². The van der Waals surface area contributed by atoms with E-state index in [2.05, 4.69) is 5.16 Å². The lowest BCUT2D eigenvalue weighted by Crippen LogP contribution is -2.28. The third-order valence-electron chi connectivity index (χ3n) is 3.48. The number of oxime groups is 1. The van der Waals surface area contributed by atoms with Crippen LogP contribution in [0, 0.1) is 0 Å². The van der Waals surface area contributed by atoms with Gasteiger partial charge in [0, 0.05) is 12.0 Å². The molecule has 0 fully saturated rings. The van der Waals surface area contributed by atoms with Crippen molar-refractivity contribution in [3.8, 4) is 5.75 Å². The first-order valence-electron chi connectivity index (χ1n) is 6.38. The Balaban J connectivity index is 2.05. The lowest BCUT2D eigenvalue weighted by atomic mass is 9.86. The number of thiophene rings is 1. The Morgan fingerprint density at radius 2 is 2.05 bits per heavy atom. The Bertz CT molecular complexity index is 619. The number of nitrogens with zero attached hydrogens (tertiary/aromatic N) is 1. The van der Waals surface area contributed by atoms with Crippen LogP contribution in [-0.4, -0.2) is 22.0 Å². The SMILES string of the molecule is CC(O)C1=NOC(c2ccc(O)cc2)(c2cccs2)C1. The summed E-state index contributed by atoms with van der Waals surface area (Å²) in [4.78, 5) is 6.77. The molecular formula is C15H15NO3S. The summed E-state index contributed by atoms with van der Waals surface area (Å²) in [6, 6.07) is 10.9. The van der Waals surface area contributed by atoms with Gasteiger partial charge in [-0.1, -0.05) is 23.4 Å². The summed E-state index contributed by atoms with van der Waals surface area (Å²) in [6.45, 7) is 1.68. The molecule has 1 aliphatic heterocycles. The van der Waals surface area contributed by atoms with Gasteiger partial charge in [0.2, 0.25) is 5.60 Å². The summed E-state index contributed by atoms with van der Waals surface area (Å²) in [5, 5.41) is 25.2. The zero-order chi connectivity index (χ0) is 14.2. The van der Waals surface area contributed by atoms with Crippen LogP contribution in [0.5, 0.6) is 5.75 Å². The number of aromatic hydroxyl groups is 1. The van der Waals surface area contributed by atoms with Crippen molar-refractivity contribution in [3.05, 3.63) is 52.2 Å². The van der Waals surface area contributed by atoms with E-state index in [0.717, 1.165) is 10.4 Å². The van der Waals surface area contributed by atoms with E-state index in [9.17, 15) is 10.2 Å². The number of phenols is 1. The second kappa shape index (κ2) is 4.92. The average Bonchev–Trinajstić information content (AvgIpc) is 3.09. The molecular weight excluding hydrogens is 274 g/mol. The molecule has 2 heterocycles. The van der Waals surface area contributed by atoms with Crippen LogP contribution >= 0.6 is 11.3 Å². The molecule has 0 aliphatic carbocycles. The minimum Gasteiger partial charge on any atom is -0.508 e. The van der Waals surface area contributed by atoms with Crippen LogP contribution in [0.25, 0.3) is 0 Å². The first-order chi connectivity index (χ1) is 9.62. The fraction of sp³-hybridized carbons (Fsp3) is 0.267.